The number of rotatable bonds is 3. The number of hydrogen-bond acceptors (Lipinski definition) is 5. The van der Waals surface area contributed by atoms with Gasteiger partial charge >= 0.3 is 0 Å². The van der Waals surface area contributed by atoms with Crippen LogP contribution in [0.5, 0.6) is 0 Å². The normalized spacial score (nSPS) is 10.0. The van der Waals surface area contributed by atoms with Crippen LogP contribution in [0.15, 0.2) is 35.8 Å². The Morgan fingerprint density at radius 1 is 1.44 bits per heavy atom. The van der Waals surface area contributed by atoms with Crippen LogP contribution in [-0.4, -0.2) is 22.4 Å². The van der Waals surface area contributed by atoms with Gasteiger partial charge in [0, 0.05) is 11.6 Å². The summed E-state index contributed by atoms with van der Waals surface area (Å²) in [6.07, 6.45) is 3.22. The summed E-state index contributed by atoms with van der Waals surface area (Å²) in [6, 6.07) is 5.34. The van der Waals surface area contributed by atoms with E-state index < -0.39 is 12.5 Å². The van der Waals surface area contributed by atoms with E-state index >= 15 is 0 Å². The number of fused-ring (bicyclic) bond motifs is 1. The van der Waals surface area contributed by atoms with Gasteiger partial charge in [-0.25, -0.2) is 4.98 Å². The van der Waals surface area contributed by atoms with Gasteiger partial charge in [-0.2, -0.15) is 4.91 Å². The minimum Gasteiger partial charge on any atom is -0.309 e. The Morgan fingerprint density at radius 2 is 2.31 bits per heavy atom. The van der Waals surface area contributed by atoms with Crippen molar-refractivity contribution < 1.29 is 4.79 Å². The summed E-state index contributed by atoms with van der Waals surface area (Å²) in [4.78, 5) is 29.0. The van der Waals surface area contributed by atoms with E-state index in [0.717, 1.165) is 10.9 Å². The van der Waals surface area contributed by atoms with Crippen LogP contribution in [0.1, 0.15) is 0 Å². The molecule has 0 aliphatic rings. The Hall–Kier alpha value is -2.37. The summed E-state index contributed by atoms with van der Waals surface area (Å²) in [5.41, 5.74) is 0.744. The molecule has 0 unspecified atom stereocenters. The summed E-state index contributed by atoms with van der Waals surface area (Å²) in [7, 11) is 0. The molecule has 2 aromatic heterocycles. The average molecular weight is 216 g/mol. The molecule has 80 valence electrons. The summed E-state index contributed by atoms with van der Waals surface area (Å²) in [5.74, 6) is -0.0973. The minimum atomic E-state index is -0.481. The smallest absolute Gasteiger partial charge is 0.250 e. The first-order chi connectivity index (χ1) is 7.79. The van der Waals surface area contributed by atoms with Crippen LogP contribution in [0.3, 0.4) is 0 Å². The number of pyridine rings is 2. The molecule has 1 amide bonds. The summed E-state index contributed by atoms with van der Waals surface area (Å²) in [6.45, 7) is -0.410. The van der Waals surface area contributed by atoms with E-state index in [2.05, 4.69) is 20.5 Å². The molecule has 0 aliphatic carbocycles. The number of nitroso groups, excluding NO2 is 1. The lowest BCUT2D eigenvalue weighted by Crippen LogP contribution is -2.15. The second-order valence-electron chi connectivity index (χ2n) is 3.10. The van der Waals surface area contributed by atoms with Crippen LogP contribution in [0, 0.1) is 4.91 Å². The predicted molar refractivity (Wildman–Crippen MR) is 58.8 cm³/mol. The maximum absolute atomic E-state index is 11.1. The zero-order valence-corrected chi connectivity index (χ0v) is 8.25. The Balaban J connectivity index is 2.25. The Bertz CT molecular complexity index is 541. The van der Waals surface area contributed by atoms with Crippen LogP contribution < -0.4 is 5.32 Å². The topological polar surface area (TPSA) is 84.3 Å². The fraction of sp³-hybridized carbons (Fsp3) is 0.100. The van der Waals surface area contributed by atoms with Gasteiger partial charge in [-0.1, -0.05) is 11.2 Å². The molecular weight excluding hydrogens is 208 g/mol. The Kier molecular flexibility index (Phi) is 2.81. The molecule has 6 heteroatoms. The zero-order valence-electron chi connectivity index (χ0n) is 8.25. The molecule has 0 aliphatic heterocycles. The van der Waals surface area contributed by atoms with E-state index in [1.54, 1.807) is 24.5 Å². The van der Waals surface area contributed by atoms with Crippen molar-refractivity contribution in [3.05, 3.63) is 35.5 Å². The number of amides is 1. The van der Waals surface area contributed by atoms with Crippen LogP contribution >= 0.6 is 0 Å². The van der Waals surface area contributed by atoms with Gasteiger partial charge in [0.1, 0.15) is 5.82 Å². The summed E-state index contributed by atoms with van der Waals surface area (Å²) in [5, 5.41) is 5.82. The lowest BCUT2D eigenvalue weighted by atomic mass is 10.2. The van der Waals surface area contributed by atoms with Gasteiger partial charge < -0.3 is 5.32 Å². The molecule has 0 aromatic carbocycles. The van der Waals surface area contributed by atoms with Crippen molar-refractivity contribution in [2.75, 3.05) is 11.9 Å². The molecule has 0 saturated carbocycles. The van der Waals surface area contributed by atoms with E-state index in [1.807, 2.05) is 6.07 Å². The van der Waals surface area contributed by atoms with Gasteiger partial charge in [0.15, 0.2) is 6.54 Å². The van der Waals surface area contributed by atoms with Gasteiger partial charge in [-0.3, -0.25) is 9.78 Å². The first kappa shape index (κ1) is 10.2. The second kappa shape index (κ2) is 4.43. The number of carbonyl (C=O) groups excluding carboxylic acids is 1. The van der Waals surface area contributed by atoms with Crippen LogP contribution in [0.4, 0.5) is 5.82 Å². The van der Waals surface area contributed by atoms with Crippen molar-refractivity contribution in [3.8, 4) is 0 Å². The second-order valence-corrected chi connectivity index (χ2v) is 3.10. The first-order valence-electron chi connectivity index (χ1n) is 4.59. The highest BCUT2D eigenvalue weighted by Crippen LogP contribution is 2.13. The third-order valence-electron chi connectivity index (χ3n) is 1.97. The van der Waals surface area contributed by atoms with Crippen molar-refractivity contribution in [3.63, 3.8) is 0 Å². The molecule has 0 bridgehead atoms. The van der Waals surface area contributed by atoms with Crippen molar-refractivity contribution in [2.24, 2.45) is 5.18 Å². The molecule has 16 heavy (non-hydrogen) atoms. The summed E-state index contributed by atoms with van der Waals surface area (Å²) < 4.78 is 0. The highest BCUT2D eigenvalue weighted by Gasteiger charge is 2.03. The molecule has 0 atom stereocenters. The van der Waals surface area contributed by atoms with Crippen LogP contribution in [0.25, 0.3) is 10.9 Å². The number of nitrogens with one attached hydrogen (secondary N) is 1. The maximum Gasteiger partial charge on any atom is 0.250 e. The third-order valence-corrected chi connectivity index (χ3v) is 1.97. The zero-order chi connectivity index (χ0) is 11.4. The molecule has 0 saturated heterocycles. The first-order valence-corrected chi connectivity index (χ1v) is 4.59. The van der Waals surface area contributed by atoms with Crippen molar-refractivity contribution in [2.45, 2.75) is 0 Å². The molecular formula is C10H8N4O2. The average Bonchev–Trinajstić information content (AvgIpc) is 2.29. The van der Waals surface area contributed by atoms with Gasteiger partial charge in [-0.05, 0) is 12.1 Å². The van der Waals surface area contributed by atoms with Gasteiger partial charge in [-0.15, -0.1) is 0 Å². The van der Waals surface area contributed by atoms with Gasteiger partial charge in [0.25, 0.3) is 5.91 Å². The van der Waals surface area contributed by atoms with E-state index in [0.29, 0.717) is 5.82 Å². The van der Waals surface area contributed by atoms with Crippen LogP contribution in [0.2, 0.25) is 0 Å². The number of carbonyl (C=O) groups is 1. The minimum absolute atomic E-state index is 0.383. The SMILES string of the molecule is O=NCC(=O)Nc1cc2cccnc2cn1. The predicted octanol–water partition coefficient (Wildman–Crippen LogP) is 1.33. The highest BCUT2D eigenvalue weighted by atomic mass is 16.3. The molecule has 0 spiro atoms. The standard InChI is InChI=1S/C10H8N4O2/c15-10(6-13-16)14-9-4-7-2-1-3-11-8(7)5-12-9/h1-5H,6H2,(H,12,14,15). The Morgan fingerprint density at radius 3 is 3.12 bits per heavy atom. The van der Waals surface area contributed by atoms with Crippen molar-refractivity contribution in [1.29, 1.82) is 0 Å². The molecule has 1 N–H and O–H groups in total. The third kappa shape index (κ3) is 2.17. The number of aromatic nitrogens is 2. The number of nitrogens with zero attached hydrogens (tertiary/aromatic N) is 3. The molecule has 0 radical (unpaired) electrons. The van der Waals surface area contributed by atoms with Crippen LogP contribution in [-0.2, 0) is 4.79 Å². The monoisotopic (exact) mass is 216 g/mol. The van der Waals surface area contributed by atoms with Crippen molar-refractivity contribution in [1.82, 2.24) is 9.97 Å². The molecule has 0 fully saturated rings. The van der Waals surface area contributed by atoms with E-state index in [1.165, 1.54) is 0 Å². The lowest BCUT2D eigenvalue weighted by Gasteiger charge is -2.02. The molecule has 6 nitrogen and oxygen atoms in total. The maximum atomic E-state index is 11.1. The van der Waals surface area contributed by atoms with Gasteiger partial charge in [0.05, 0.1) is 11.7 Å². The number of hydrogen-bond donors (Lipinski definition) is 1. The molecule has 2 heterocycles. The quantitative estimate of drug-likeness (QED) is 0.784. The Labute approximate surface area is 90.7 Å². The van der Waals surface area contributed by atoms with Gasteiger partial charge in [0.2, 0.25) is 0 Å². The molecule has 2 rings (SSSR count). The van der Waals surface area contributed by atoms with E-state index in [4.69, 9.17) is 0 Å². The number of anilines is 1. The van der Waals surface area contributed by atoms with Crippen molar-refractivity contribution >= 4 is 22.6 Å². The molecule has 2 aromatic rings. The fourth-order valence-corrected chi connectivity index (χ4v) is 1.28. The van der Waals surface area contributed by atoms with E-state index in [-0.39, 0.29) is 0 Å². The summed E-state index contributed by atoms with van der Waals surface area (Å²) >= 11 is 0. The highest BCUT2D eigenvalue weighted by molar-refractivity contribution is 5.93. The lowest BCUT2D eigenvalue weighted by molar-refractivity contribution is -0.114. The fourth-order valence-electron chi connectivity index (χ4n) is 1.28. The largest absolute Gasteiger partial charge is 0.309 e. The van der Waals surface area contributed by atoms with E-state index in [9.17, 15) is 9.70 Å².